The van der Waals surface area contributed by atoms with Crippen molar-refractivity contribution < 1.29 is 22.1 Å². The van der Waals surface area contributed by atoms with Crippen molar-refractivity contribution in [2.75, 3.05) is 0 Å². The third-order valence-corrected chi connectivity index (χ3v) is 4.15. The van der Waals surface area contributed by atoms with Crippen LogP contribution in [0, 0.1) is 12.7 Å². The van der Waals surface area contributed by atoms with Crippen molar-refractivity contribution in [1.29, 1.82) is 0 Å². The third kappa shape index (κ3) is 3.98. The van der Waals surface area contributed by atoms with Gasteiger partial charge in [0.2, 0.25) is 15.8 Å². The molecule has 0 bridgehead atoms. The first-order valence-corrected chi connectivity index (χ1v) is 8.58. The number of pyridine rings is 1. The summed E-state index contributed by atoms with van der Waals surface area (Å²) in [5.41, 5.74) is 0.856. The van der Waals surface area contributed by atoms with E-state index in [1.807, 2.05) is 0 Å². The first-order chi connectivity index (χ1) is 11.8. The fourth-order valence-electron chi connectivity index (χ4n) is 1.99. The molecule has 0 fully saturated rings. The molecule has 3 rings (SSSR count). The number of rotatable bonds is 5. The molecule has 25 heavy (non-hydrogen) atoms. The molecule has 0 amide bonds. The van der Waals surface area contributed by atoms with E-state index in [4.69, 9.17) is 14.4 Å². The summed E-state index contributed by atoms with van der Waals surface area (Å²) in [5.74, 6) is 0.404. The summed E-state index contributed by atoms with van der Waals surface area (Å²) in [6.07, 6.45) is 1.16. The minimum absolute atomic E-state index is 0.00349. The minimum Gasteiger partial charge on any atom is -0.485 e. The van der Waals surface area contributed by atoms with Gasteiger partial charge in [-0.2, -0.15) is 4.98 Å². The van der Waals surface area contributed by atoms with Gasteiger partial charge in [0, 0.05) is 6.20 Å². The summed E-state index contributed by atoms with van der Waals surface area (Å²) in [5, 5.41) is 8.87. The average molecular weight is 364 g/mol. The van der Waals surface area contributed by atoms with Gasteiger partial charge in [0.15, 0.2) is 6.61 Å². The third-order valence-electron chi connectivity index (χ3n) is 3.27. The highest BCUT2D eigenvalue weighted by Crippen LogP contribution is 2.23. The lowest BCUT2D eigenvalue weighted by Gasteiger charge is -2.03. The molecular weight excluding hydrogens is 351 g/mol. The van der Waals surface area contributed by atoms with Gasteiger partial charge in [-0.15, -0.1) is 0 Å². The van der Waals surface area contributed by atoms with Crippen LogP contribution in [0.2, 0.25) is 0 Å². The van der Waals surface area contributed by atoms with Crippen LogP contribution in [0.25, 0.3) is 11.5 Å². The maximum Gasteiger partial charge on any atom is 0.259 e. The molecule has 1 aromatic carbocycles. The van der Waals surface area contributed by atoms with E-state index in [9.17, 15) is 12.8 Å². The zero-order chi connectivity index (χ0) is 18.0. The lowest BCUT2D eigenvalue weighted by Crippen LogP contribution is -2.12. The molecule has 0 aliphatic rings. The Hall–Kier alpha value is -2.85. The van der Waals surface area contributed by atoms with E-state index in [-0.39, 0.29) is 29.0 Å². The second-order valence-corrected chi connectivity index (χ2v) is 6.67. The summed E-state index contributed by atoms with van der Waals surface area (Å²) in [4.78, 5) is 7.97. The molecule has 0 spiro atoms. The fourth-order valence-corrected chi connectivity index (χ4v) is 2.47. The summed E-state index contributed by atoms with van der Waals surface area (Å²) in [6.45, 7) is 1.66. The predicted octanol–water partition coefficient (Wildman–Crippen LogP) is 1.81. The van der Waals surface area contributed by atoms with Crippen LogP contribution >= 0.6 is 0 Å². The zero-order valence-electron chi connectivity index (χ0n) is 13.0. The van der Waals surface area contributed by atoms with Gasteiger partial charge in [0.05, 0.1) is 11.3 Å². The molecule has 10 heteroatoms. The van der Waals surface area contributed by atoms with E-state index in [0.717, 1.165) is 6.20 Å². The summed E-state index contributed by atoms with van der Waals surface area (Å²) < 4.78 is 46.3. The molecule has 8 nitrogen and oxygen atoms in total. The molecule has 0 atom stereocenters. The van der Waals surface area contributed by atoms with Crippen LogP contribution in [-0.2, 0) is 16.6 Å². The lowest BCUT2D eigenvalue weighted by atomic mass is 10.2. The number of benzene rings is 1. The quantitative estimate of drug-likeness (QED) is 0.732. The van der Waals surface area contributed by atoms with Crippen LogP contribution in [0.3, 0.4) is 0 Å². The molecule has 2 heterocycles. The average Bonchev–Trinajstić information content (AvgIpc) is 3.02. The van der Waals surface area contributed by atoms with Crippen LogP contribution in [0.1, 0.15) is 11.5 Å². The summed E-state index contributed by atoms with van der Waals surface area (Å²) in [6, 6.07) is 6.80. The Balaban J connectivity index is 1.80. The highest BCUT2D eigenvalue weighted by atomic mass is 32.2. The predicted molar refractivity (Wildman–Crippen MR) is 84.4 cm³/mol. The first-order valence-electron chi connectivity index (χ1n) is 7.04. The molecule has 0 radical (unpaired) electrons. The van der Waals surface area contributed by atoms with Crippen LogP contribution < -0.4 is 9.88 Å². The minimum atomic E-state index is -3.90. The number of hydrogen-bond donors (Lipinski definition) is 1. The standard InChI is InChI=1S/C15H13FN4O4S/c1-9-13(6-12(7-18-9)25(17,21)22)15-19-14(20-24-15)8-23-11-4-2-10(16)3-5-11/h2-7H,8H2,1H3,(H2,17,21,22). The van der Waals surface area contributed by atoms with Crippen molar-refractivity contribution >= 4 is 10.0 Å². The van der Waals surface area contributed by atoms with Gasteiger partial charge in [-0.25, -0.2) is 17.9 Å². The zero-order valence-corrected chi connectivity index (χ0v) is 13.8. The molecule has 0 aliphatic heterocycles. The number of ether oxygens (including phenoxy) is 1. The monoisotopic (exact) mass is 364 g/mol. The van der Waals surface area contributed by atoms with E-state index < -0.39 is 10.0 Å². The Labute approximate surface area is 142 Å². The van der Waals surface area contributed by atoms with Gasteiger partial charge in [-0.1, -0.05) is 5.16 Å². The van der Waals surface area contributed by atoms with E-state index >= 15 is 0 Å². The summed E-state index contributed by atoms with van der Waals surface area (Å²) in [7, 11) is -3.90. The molecule has 0 saturated heterocycles. The van der Waals surface area contributed by atoms with Crippen molar-refractivity contribution in [3.63, 3.8) is 0 Å². The molecule has 3 aromatic rings. The molecule has 2 N–H and O–H groups in total. The van der Waals surface area contributed by atoms with E-state index in [0.29, 0.717) is 17.0 Å². The highest BCUT2D eigenvalue weighted by molar-refractivity contribution is 7.89. The smallest absolute Gasteiger partial charge is 0.259 e. The number of hydrogen-bond acceptors (Lipinski definition) is 7. The van der Waals surface area contributed by atoms with E-state index in [1.54, 1.807) is 6.92 Å². The van der Waals surface area contributed by atoms with Gasteiger partial charge in [-0.05, 0) is 37.3 Å². The number of aromatic nitrogens is 3. The van der Waals surface area contributed by atoms with Gasteiger partial charge in [0.25, 0.3) is 5.89 Å². The summed E-state index contributed by atoms with van der Waals surface area (Å²) >= 11 is 0. The molecule has 0 unspecified atom stereocenters. The molecule has 2 aromatic heterocycles. The van der Waals surface area contributed by atoms with Crippen molar-refractivity contribution in [2.24, 2.45) is 5.14 Å². The van der Waals surface area contributed by atoms with Gasteiger partial charge >= 0.3 is 0 Å². The SMILES string of the molecule is Cc1ncc(S(N)(=O)=O)cc1-c1nc(COc2ccc(F)cc2)no1. The largest absolute Gasteiger partial charge is 0.485 e. The normalized spacial score (nSPS) is 11.5. The van der Waals surface area contributed by atoms with E-state index in [1.165, 1.54) is 30.3 Å². The van der Waals surface area contributed by atoms with Crippen molar-refractivity contribution in [3.05, 3.63) is 53.9 Å². The maximum absolute atomic E-state index is 12.8. The maximum atomic E-state index is 12.8. The first kappa shape index (κ1) is 17.0. The Morgan fingerprint density at radius 1 is 1.28 bits per heavy atom. The number of sulfonamides is 1. The number of aryl methyl sites for hydroxylation is 1. The topological polar surface area (TPSA) is 121 Å². The number of nitrogens with zero attached hydrogens (tertiary/aromatic N) is 3. The van der Waals surface area contributed by atoms with Gasteiger partial charge in [0.1, 0.15) is 16.5 Å². The molecule has 130 valence electrons. The van der Waals surface area contributed by atoms with Crippen LogP contribution in [0.4, 0.5) is 4.39 Å². The fraction of sp³-hybridized carbons (Fsp3) is 0.133. The number of halogens is 1. The number of primary sulfonamides is 1. The second-order valence-electron chi connectivity index (χ2n) is 5.11. The van der Waals surface area contributed by atoms with Gasteiger partial charge in [-0.3, -0.25) is 4.98 Å². The molecule has 0 aliphatic carbocycles. The Kier molecular flexibility index (Phi) is 4.47. The Morgan fingerprint density at radius 3 is 2.68 bits per heavy atom. The Morgan fingerprint density at radius 2 is 2.00 bits per heavy atom. The van der Waals surface area contributed by atoms with Crippen molar-refractivity contribution in [3.8, 4) is 17.2 Å². The second kappa shape index (κ2) is 6.57. The van der Waals surface area contributed by atoms with Crippen molar-refractivity contribution in [1.82, 2.24) is 15.1 Å². The van der Waals surface area contributed by atoms with Crippen LogP contribution in [-0.4, -0.2) is 23.5 Å². The van der Waals surface area contributed by atoms with Gasteiger partial charge < -0.3 is 9.26 Å². The molecular formula is C15H13FN4O4S. The van der Waals surface area contributed by atoms with E-state index in [2.05, 4.69) is 15.1 Å². The Bertz CT molecular complexity index is 1000. The molecule has 0 saturated carbocycles. The van der Waals surface area contributed by atoms with Crippen LogP contribution in [0.15, 0.2) is 45.9 Å². The van der Waals surface area contributed by atoms with Crippen molar-refractivity contribution in [2.45, 2.75) is 18.4 Å². The lowest BCUT2D eigenvalue weighted by molar-refractivity contribution is 0.286. The number of nitrogens with two attached hydrogens (primary N) is 1. The highest BCUT2D eigenvalue weighted by Gasteiger charge is 2.17. The van der Waals surface area contributed by atoms with Crippen LogP contribution in [0.5, 0.6) is 5.75 Å².